The van der Waals surface area contributed by atoms with Gasteiger partial charge in [-0.15, -0.1) is 0 Å². The lowest BCUT2D eigenvalue weighted by Crippen LogP contribution is -2.33. The molecule has 6 nitrogen and oxygen atoms in total. The average molecular weight is 391 g/mol. The third kappa shape index (κ3) is 3.82. The van der Waals surface area contributed by atoms with Gasteiger partial charge in [0.2, 0.25) is 5.88 Å². The fourth-order valence-electron chi connectivity index (χ4n) is 4.08. The number of ether oxygens (including phenoxy) is 3. The lowest BCUT2D eigenvalue weighted by molar-refractivity contribution is 0.0637. The molecule has 2 aliphatic heterocycles. The number of fused-ring (bicyclic) bond motifs is 1. The first-order valence-corrected chi connectivity index (χ1v) is 10.3. The Morgan fingerprint density at radius 2 is 1.79 bits per heavy atom. The molecule has 4 heterocycles. The van der Waals surface area contributed by atoms with E-state index in [4.69, 9.17) is 19.2 Å². The monoisotopic (exact) mass is 391 g/mol. The molecule has 2 fully saturated rings. The third-order valence-corrected chi connectivity index (χ3v) is 5.85. The van der Waals surface area contributed by atoms with E-state index in [1.807, 2.05) is 6.07 Å². The lowest BCUT2D eigenvalue weighted by Gasteiger charge is -2.24. The number of hydrogen-bond donors (Lipinski definition) is 0. The number of nitrogens with zero attached hydrogens (tertiary/aromatic N) is 3. The molecule has 5 rings (SSSR count). The van der Waals surface area contributed by atoms with Crippen LogP contribution < -0.4 is 4.74 Å². The van der Waals surface area contributed by atoms with Crippen molar-refractivity contribution in [1.29, 1.82) is 0 Å². The molecular formula is C23H25N3O3. The summed E-state index contributed by atoms with van der Waals surface area (Å²) in [6, 6.07) is 10.7. The molecule has 0 aliphatic carbocycles. The van der Waals surface area contributed by atoms with Crippen LogP contribution in [-0.2, 0) is 9.47 Å². The maximum atomic E-state index is 6.30. The van der Waals surface area contributed by atoms with Crippen LogP contribution in [0.3, 0.4) is 0 Å². The van der Waals surface area contributed by atoms with E-state index in [0.717, 1.165) is 49.3 Å². The Labute approximate surface area is 170 Å². The molecule has 1 aromatic carbocycles. The first-order valence-electron chi connectivity index (χ1n) is 10.3. The lowest BCUT2D eigenvalue weighted by atomic mass is 9.91. The van der Waals surface area contributed by atoms with E-state index >= 15 is 0 Å². The number of hydrogen-bond acceptors (Lipinski definition) is 6. The topological polar surface area (TPSA) is 66.4 Å². The van der Waals surface area contributed by atoms with Crippen molar-refractivity contribution in [2.75, 3.05) is 26.4 Å². The summed E-state index contributed by atoms with van der Waals surface area (Å²) in [5, 5.41) is 0. The number of aromatic nitrogens is 3. The minimum absolute atomic E-state index is 0.386. The van der Waals surface area contributed by atoms with Gasteiger partial charge in [0.05, 0.1) is 24.4 Å². The van der Waals surface area contributed by atoms with E-state index in [1.54, 1.807) is 12.4 Å². The van der Waals surface area contributed by atoms with Crippen LogP contribution in [-0.4, -0.2) is 47.0 Å². The molecule has 0 bridgehead atoms. The highest BCUT2D eigenvalue weighted by molar-refractivity contribution is 5.83. The van der Waals surface area contributed by atoms with E-state index in [0.29, 0.717) is 30.5 Å². The Hall–Kier alpha value is -2.57. The molecule has 3 aromatic rings. The highest BCUT2D eigenvalue weighted by Gasteiger charge is 2.33. The summed E-state index contributed by atoms with van der Waals surface area (Å²) in [5.41, 5.74) is 4.33. The van der Waals surface area contributed by atoms with E-state index in [1.165, 1.54) is 5.56 Å². The van der Waals surface area contributed by atoms with Crippen molar-refractivity contribution in [3.05, 3.63) is 48.3 Å². The van der Waals surface area contributed by atoms with Crippen molar-refractivity contribution in [3.8, 4) is 17.1 Å². The zero-order chi connectivity index (χ0) is 19.7. The second kappa shape index (κ2) is 7.69. The molecule has 2 aromatic heterocycles. The van der Waals surface area contributed by atoms with Crippen LogP contribution >= 0.6 is 0 Å². The van der Waals surface area contributed by atoms with Gasteiger partial charge in [-0.3, -0.25) is 4.98 Å². The van der Waals surface area contributed by atoms with E-state index < -0.39 is 0 Å². The van der Waals surface area contributed by atoms with Gasteiger partial charge >= 0.3 is 0 Å². The summed E-state index contributed by atoms with van der Waals surface area (Å²) in [5.74, 6) is 1.10. The second-order valence-electron chi connectivity index (χ2n) is 8.10. The quantitative estimate of drug-likeness (QED) is 0.666. The van der Waals surface area contributed by atoms with Gasteiger partial charge in [0.25, 0.3) is 0 Å². The van der Waals surface area contributed by atoms with Crippen LogP contribution in [0.5, 0.6) is 5.88 Å². The average Bonchev–Trinajstić information content (AvgIpc) is 3.20. The van der Waals surface area contributed by atoms with Gasteiger partial charge in [-0.1, -0.05) is 24.3 Å². The van der Waals surface area contributed by atoms with Gasteiger partial charge in [0.15, 0.2) is 5.52 Å². The summed E-state index contributed by atoms with van der Waals surface area (Å²) in [6.07, 6.45) is 6.38. The summed E-state index contributed by atoms with van der Waals surface area (Å²) in [7, 11) is 0. The van der Waals surface area contributed by atoms with Gasteiger partial charge in [-0.25, -0.2) is 9.97 Å². The van der Waals surface area contributed by atoms with Crippen molar-refractivity contribution in [2.24, 2.45) is 0 Å². The minimum atomic E-state index is -0.386. The molecule has 0 radical (unpaired) electrons. The van der Waals surface area contributed by atoms with Gasteiger partial charge in [-0.05, 0) is 37.3 Å². The molecule has 2 aliphatic rings. The molecule has 1 atom stereocenters. The van der Waals surface area contributed by atoms with Crippen LogP contribution in [0.15, 0.2) is 42.7 Å². The normalized spacial score (nSPS) is 22.8. The molecule has 6 heteroatoms. The summed E-state index contributed by atoms with van der Waals surface area (Å²) >= 11 is 0. The van der Waals surface area contributed by atoms with Gasteiger partial charge in [-0.2, -0.15) is 0 Å². The van der Waals surface area contributed by atoms with Gasteiger partial charge in [0.1, 0.15) is 5.60 Å². The number of rotatable bonds is 4. The first kappa shape index (κ1) is 18.5. The zero-order valence-electron chi connectivity index (χ0n) is 16.6. The molecule has 0 N–H and O–H groups in total. The van der Waals surface area contributed by atoms with Crippen LogP contribution in [0.1, 0.15) is 37.7 Å². The SMILES string of the molecule is C[C@@]1(Oc2nc(-c3ccc(C4CCOCC4)cc3)cc3nccnc23)CCOC1. The Morgan fingerprint density at radius 1 is 1.00 bits per heavy atom. The smallest absolute Gasteiger partial charge is 0.243 e. The molecule has 150 valence electrons. The Morgan fingerprint density at radius 3 is 2.55 bits per heavy atom. The predicted octanol–water partition coefficient (Wildman–Crippen LogP) is 4.14. The Balaban J connectivity index is 1.49. The molecule has 2 saturated heterocycles. The highest BCUT2D eigenvalue weighted by atomic mass is 16.6. The number of benzene rings is 1. The number of pyridine rings is 1. The van der Waals surface area contributed by atoms with E-state index in [-0.39, 0.29) is 5.60 Å². The Bertz CT molecular complexity index is 994. The molecule has 0 unspecified atom stereocenters. The molecule has 0 amide bonds. The van der Waals surface area contributed by atoms with Crippen LogP contribution in [0.25, 0.3) is 22.3 Å². The summed E-state index contributed by atoms with van der Waals surface area (Å²) in [6.45, 7) is 5.01. The maximum Gasteiger partial charge on any atom is 0.243 e. The largest absolute Gasteiger partial charge is 0.467 e. The van der Waals surface area contributed by atoms with Crippen molar-refractivity contribution < 1.29 is 14.2 Å². The Kier molecular flexibility index (Phi) is 4.89. The maximum absolute atomic E-state index is 6.30. The van der Waals surface area contributed by atoms with Crippen LogP contribution in [0.4, 0.5) is 0 Å². The fourth-order valence-corrected chi connectivity index (χ4v) is 4.08. The van der Waals surface area contributed by atoms with Crippen molar-refractivity contribution in [3.63, 3.8) is 0 Å². The van der Waals surface area contributed by atoms with Crippen molar-refractivity contribution in [1.82, 2.24) is 15.0 Å². The second-order valence-corrected chi connectivity index (χ2v) is 8.10. The zero-order valence-corrected chi connectivity index (χ0v) is 16.6. The summed E-state index contributed by atoms with van der Waals surface area (Å²) < 4.78 is 17.3. The first-order chi connectivity index (χ1) is 14.2. The van der Waals surface area contributed by atoms with E-state index in [2.05, 4.69) is 41.2 Å². The standard InChI is InChI=1S/C23H25N3O3/c1-23(8-13-28-15-23)29-22-21-20(24-9-10-25-21)14-19(26-22)18-4-2-16(3-5-18)17-6-11-27-12-7-17/h2-5,9-10,14,17H,6-8,11-13,15H2,1H3/t23-/m1/s1. The fraction of sp³-hybridized carbons (Fsp3) is 0.435. The molecular weight excluding hydrogens is 366 g/mol. The molecule has 0 spiro atoms. The minimum Gasteiger partial charge on any atom is -0.467 e. The van der Waals surface area contributed by atoms with Gasteiger partial charge < -0.3 is 14.2 Å². The van der Waals surface area contributed by atoms with Gasteiger partial charge in [0, 0.05) is 37.6 Å². The molecule has 0 saturated carbocycles. The van der Waals surface area contributed by atoms with E-state index in [9.17, 15) is 0 Å². The van der Waals surface area contributed by atoms with Crippen molar-refractivity contribution >= 4 is 11.0 Å². The van der Waals surface area contributed by atoms with Crippen LogP contribution in [0.2, 0.25) is 0 Å². The highest BCUT2D eigenvalue weighted by Crippen LogP contribution is 2.33. The summed E-state index contributed by atoms with van der Waals surface area (Å²) in [4.78, 5) is 13.8. The third-order valence-electron chi connectivity index (χ3n) is 5.85. The molecule has 29 heavy (non-hydrogen) atoms. The van der Waals surface area contributed by atoms with Crippen molar-refractivity contribution in [2.45, 2.75) is 37.7 Å². The predicted molar refractivity (Wildman–Crippen MR) is 110 cm³/mol. The van der Waals surface area contributed by atoms with Crippen LogP contribution in [0, 0.1) is 0 Å².